The maximum absolute atomic E-state index is 10.7. The fourth-order valence-electron chi connectivity index (χ4n) is 1.47. The second-order valence-electron chi connectivity index (χ2n) is 3.86. The number of nitrogens with zero attached hydrogens (tertiary/aromatic N) is 2. The van der Waals surface area contributed by atoms with Crippen molar-refractivity contribution >= 4 is 23.1 Å². The quantitative estimate of drug-likeness (QED) is 0.687. The SMILES string of the molecule is Cc1cc(Oc2cc([N+](=O)[O-])cc(N)n2)ccc1Cl. The first-order valence-corrected chi connectivity index (χ1v) is 5.69. The molecule has 7 heteroatoms. The van der Waals surface area contributed by atoms with Crippen LogP contribution in [0, 0.1) is 17.0 Å². The number of aryl methyl sites for hydroxylation is 1. The van der Waals surface area contributed by atoms with E-state index in [1.165, 1.54) is 12.1 Å². The van der Waals surface area contributed by atoms with Gasteiger partial charge in [-0.1, -0.05) is 11.6 Å². The Bertz CT molecular complexity index is 646. The predicted octanol–water partition coefficient (Wildman–Crippen LogP) is 3.33. The maximum Gasteiger partial charge on any atom is 0.278 e. The van der Waals surface area contributed by atoms with E-state index in [9.17, 15) is 10.1 Å². The molecule has 6 nitrogen and oxygen atoms in total. The Morgan fingerprint density at radius 1 is 1.37 bits per heavy atom. The lowest BCUT2D eigenvalue weighted by atomic mass is 10.2. The van der Waals surface area contributed by atoms with Crippen molar-refractivity contribution in [2.45, 2.75) is 6.92 Å². The number of nitrogens with two attached hydrogens (primary N) is 1. The third-order valence-electron chi connectivity index (χ3n) is 2.37. The lowest BCUT2D eigenvalue weighted by Crippen LogP contribution is -1.97. The zero-order valence-corrected chi connectivity index (χ0v) is 10.7. The summed E-state index contributed by atoms with van der Waals surface area (Å²) in [5.41, 5.74) is 6.15. The molecule has 1 heterocycles. The van der Waals surface area contributed by atoms with Crippen LogP contribution >= 0.6 is 11.6 Å². The predicted molar refractivity (Wildman–Crippen MR) is 71.6 cm³/mol. The van der Waals surface area contributed by atoms with Gasteiger partial charge in [0.1, 0.15) is 11.6 Å². The molecule has 0 radical (unpaired) electrons. The van der Waals surface area contributed by atoms with Crippen LogP contribution in [0.1, 0.15) is 5.56 Å². The summed E-state index contributed by atoms with van der Waals surface area (Å²) >= 11 is 5.90. The van der Waals surface area contributed by atoms with Gasteiger partial charge in [0.05, 0.1) is 17.1 Å². The topological polar surface area (TPSA) is 91.3 Å². The Balaban J connectivity index is 2.32. The maximum atomic E-state index is 10.7. The van der Waals surface area contributed by atoms with Gasteiger partial charge in [0.15, 0.2) is 0 Å². The van der Waals surface area contributed by atoms with Crippen LogP contribution in [0.2, 0.25) is 5.02 Å². The third kappa shape index (κ3) is 3.11. The van der Waals surface area contributed by atoms with Crippen LogP contribution in [-0.2, 0) is 0 Å². The molecule has 0 saturated heterocycles. The number of nitrogen functional groups attached to an aromatic ring is 1. The molecule has 2 aromatic rings. The van der Waals surface area contributed by atoms with Crippen molar-refractivity contribution in [3.05, 3.63) is 51.0 Å². The van der Waals surface area contributed by atoms with Crippen LogP contribution < -0.4 is 10.5 Å². The number of ether oxygens (including phenoxy) is 1. The summed E-state index contributed by atoms with van der Waals surface area (Å²) in [6, 6.07) is 7.40. The minimum absolute atomic E-state index is 0.0230. The largest absolute Gasteiger partial charge is 0.439 e. The number of halogens is 1. The van der Waals surface area contributed by atoms with Gasteiger partial charge >= 0.3 is 0 Å². The van der Waals surface area contributed by atoms with Crippen molar-refractivity contribution < 1.29 is 9.66 Å². The number of rotatable bonds is 3. The normalized spacial score (nSPS) is 10.2. The van der Waals surface area contributed by atoms with Gasteiger partial charge in [-0.2, -0.15) is 4.98 Å². The highest BCUT2D eigenvalue weighted by Crippen LogP contribution is 2.27. The van der Waals surface area contributed by atoms with Gasteiger partial charge in [-0.05, 0) is 30.7 Å². The van der Waals surface area contributed by atoms with Crippen LogP contribution in [0.5, 0.6) is 11.6 Å². The molecule has 0 atom stereocenters. The Hall–Kier alpha value is -2.34. The Morgan fingerprint density at radius 2 is 2.11 bits per heavy atom. The molecule has 98 valence electrons. The molecule has 0 unspecified atom stereocenters. The Kier molecular flexibility index (Phi) is 3.52. The van der Waals surface area contributed by atoms with E-state index in [2.05, 4.69) is 4.98 Å². The molecule has 19 heavy (non-hydrogen) atoms. The van der Waals surface area contributed by atoms with Crippen LogP contribution in [0.25, 0.3) is 0 Å². The standard InChI is InChI=1S/C12H10ClN3O3/c1-7-4-9(2-3-10(7)13)19-12-6-8(16(17)18)5-11(14)15-12/h2-6H,1H3,(H2,14,15). The molecule has 0 spiro atoms. The summed E-state index contributed by atoms with van der Waals surface area (Å²) in [4.78, 5) is 14.0. The van der Waals surface area contributed by atoms with Crippen molar-refractivity contribution in [3.63, 3.8) is 0 Å². The van der Waals surface area contributed by atoms with Crippen molar-refractivity contribution in [1.82, 2.24) is 4.98 Å². The highest BCUT2D eigenvalue weighted by Gasteiger charge is 2.11. The molecule has 0 aliphatic heterocycles. The number of benzene rings is 1. The highest BCUT2D eigenvalue weighted by atomic mass is 35.5. The number of nitro groups is 1. The smallest absolute Gasteiger partial charge is 0.278 e. The zero-order chi connectivity index (χ0) is 14.0. The summed E-state index contributed by atoms with van der Waals surface area (Å²) in [6.45, 7) is 1.82. The number of hydrogen-bond acceptors (Lipinski definition) is 5. The molecule has 0 aliphatic rings. The van der Waals surface area contributed by atoms with E-state index in [4.69, 9.17) is 22.1 Å². The van der Waals surface area contributed by atoms with Gasteiger partial charge in [-0.15, -0.1) is 0 Å². The van der Waals surface area contributed by atoms with Crippen molar-refractivity contribution in [2.75, 3.05) is 5.73 Å². The molecular formula is C12H10ClN3O3. The van der Waals surface area contributed by atoms with Gasteiger partial charge in [-0.25, -0.2) is 0 Å². The number of hydrogen-bond donors (Lipinski definition) is 1. The van der Waals surface area contributed by atoms with E-state index in [0.717, 1.165) is 5.56 Å². The second-order valence-corrected chi connectivity index (χ2v) is 4.27. The van der Waals surface area contributed by atoms with Crippen LogP contribution in [-0.4, -0.2) is 9.91 Å². The van der Waals surface area contributed by atoms with E-state index < -0.39 is 4.92 Å². The second kappa shape index (κ2) is 5.11. The first-order valence-electron chi connectivity index (χ1n) is 5.31. The van der Waals surface area contributed by atoms with Crippen molar-refractivity contribution in [2.24, 2.45) is 0 Å². The molecule has 0 saturated carbocycles. The molecule has 2 N–H and O–H groups in total. The average Bonchev–Trinajstić information content (AvgIpc) is 2.33. The van der Waals surface area contributed by atoms with Crippen LogP contribution in [0.3, 0.4) is 0 Å². The summed E-state index contributed by atoms with van der Waals surface area (Å²) in [5, 5.41) is 11.3. The molecule has 0 aliphatic carbocycles. The van der Waals surface area contributed by atoms with Crippen LogP contribution in [0.4, 0.5) is 11.5 Å². The van der Waals surface area contributed by atoms with E-state index in [-0.39, 0.29) is 17.4 Å². The van der Waals surface area contributed by atoms with Gasteiger partial charge in [0, 0.05) is 5.02 Å². The molecule has 1 aromatic carbocycles. The first kappa shape index (κ1) is 13.1. The van der Waals surface area contributed by atoms with Crippen molar-refractivity contribution in [3.8, 4) is 11.6 Å². The molecule has 0 amide bonds. The fourth-order valence-corrected chi connectivity index (χ4v) is 1.59. The molecule has 2 rings (SSSR count). The number of aromatic nitrogens is 1. The summed E-state index contributed by atoms with van der Waals surface area (Å²) in [6.07, 6.45) is 0. The summed E-state index contributed by atoms with van der Waals surface area (Å²) < 4.78 is 5.43. The van der Waals surface area contributed by atoms with Gasteiger partial charge in [-0.3, -0.25) is 10.1 Å². The van der Waals surface area contributed by atoms with E-state index in [1.807, 2.05) is 6.92 Å². The fraction of sp³-hybridized carbons (Fsp3) is 0.0833. The van der Waals surface area contributed by atoms with Gasteiger partial charge in [0.2, 0.25) is 5.88 Å². The molecule has 0 bridgehead atoms. The number of pyridine rings is 1. The Labute approximate surface area is 113 Å². The minimum Gasteiger partial charge on any atom is -0.439 e. The average molecular weight is 280 g/mol. The lowest BCUT2D eigenvalue weighted by Gasteiger charge is -2.07. The number of anilines is 1. The van der Waals surface area contributed by atoms with Gasteiger partial charge < -0.3 is 10.5 Å². The highest BCUT2D eigenvalue weighted by molar-refractivity contribution is 6.31. The van der Waals surface area contributed by atoms with Crippen LogP contribution in [0.15, 0.2) is 30.3 Å². The minimum atomic E-state index is -0.558. The molecule has 0 fully saturated rings. The van der Waals surface area contributed by atoms with E-state index in [0.29, 0.717) is 10.8 Å². The third-order valence-corrected chi connectivity index (χ3v) is 2.79. The van der Waals surface area contributed by atoms with Gasteiger partial charge in [0.25, 0.3) is 5.69 Å². The Morgan fingerprint density at radius 3 is 2.74 bits per heavy atom. The monoisotopic (exact) mass is 279 g/mol. The summed E-state index contributed by atoms with van der Waals surface area (Å²) in [5.74, 6) is 0.567. The zero-order valence-electron chi connectivity index (χ0n) is 9.96. The van der Waals surface area contributed by atoms with Crippen molar-refractivity contribution in [1.29, 1.82) is 0 Å². The molecule has 1 aromatic heterocycles. The lowest BCUT2D eigenvalue weighted by molar-refractivity contribution is -0.384. The molecular weight excluding hydrogens is 270 g/mol. The first-order chi connectivity index (χ1) is 8.95. The van der Waals surface area contributed by atoms with E-state index >= 15 is 0 Å². The summed E-state index contributed by atoms with van der Waals surface area (Å²) in [7, 11) is 0. The van der Waals surface area contributed by atoms with E-state index in [1.54, 1.807) is 18.2 Å².